The van der Waals surface area contributed by atoms with Gasteiger partial charge in [0.05, 0.1) is 5.52 Å². The van der Waals surface area contributed by atoms with E-state index >= 15 is 0 Å². The van der Waals surface area contributed by atoms with Crippen LogP contribution in [0.25, 0.3) is 5.52 Å². The molecule has 1 saturated heterocycles. The summed E-state index contributed by atoms with van der Waals surface area (Å²) in [5.74, 6) is 1.61. The molecule has 1 fully saturated rings. The van der Waals surface area contributed by atoms with Crippen molar-refractivity contribution < 1.29 is 0 Å². The first-order chi connectivity index (χ1) is 8.15. The van der Waals surface area contributed by atoms with Gasteiger partial charge in [-0.15, -0.1) is 0 Å². The Morgan fingerprint density at radius 3 is 3.00 bits per heavy atom. The van der Waals surface area contributed by atoms with Gasteiger partial charge >= 0.3 is 0 Å². The van der Waals surface area contributed by atoms with E-state index in [4.69, 9.17) is 11.6 Å². The van der Waals surface area contributed by atoms with Crippen molar-refractivity contribution >= 4 is 17.1 Å². The lowest BCUT2D eigenvalue weighted by atomic mass is 10.1. The lowest BCUT2D eigenvalue weighted by molar-refractivity contribution is 0.409. The van der Waals surface area contributed by atoms with Gasteiger partial charge in [-0.1, -0.05) is 11.6 Å². The van der Waals surface area contributed by atoms with Gasteiger partial charge in [-0.2, -0.15) is 0 Å². The van der Waals surface area contributed by atoms with Crippen LogP contribution in [0.15, 0.2) is 18.3 Å². The lowest BCUT2D eigenvalue weighted by Crippen LogP contribution is -2.14. The van der Waals surface area contributed by atoms with Gasteiger partial charge in [0.25, 0.3) is 0 Å². The van der Waals surface area contributed by atoms with Crippen LogP contribution in [0.3, 0.4) is 0 Å². The predicted molar refractivity (Wildman–Crippen MR) is 69.8 cm³/mol. The molecule has 1 aliphatic heterocycles. The second-order valence-electron chi connectivity index (χ2n) is 4.97. The molecule has 1 aliphatic rings. The molecular weight excluding hydrogens is 234 g/mol. The van der Waals surface area contributed by atoms with E-state index in [1.165, 1.54) is 12.0 Å². The number of fused-ring (bicyclic) bond motifs is 1. The Hall–Kier alpha value is -1.06. The van der Waals surface area contributed by atoms with E-state index in [0.717, 1.165) is 24.4 Å². The second kappa shape index (κ2) is 4.00. The number of likely N-dealkylation sites (N-methyl/N-ethyl adjacent to an activating group) is 1. The summed E-state index contributed by atoms with van der Waals surface area (Å²) in [5, 5.41) is 0.623. The van der Waals surface area contributed by atoms with Gasteiger partial charge in [0, 0.05) is 18.7 Å². The first-order valence-electron chi connectivity index (χ1n) is 5.98. The lowest BCUT2D eigenvalue weighted by Gasteiger charge is -2.09. The maximum absolute atomic E-state index is 6.22. The minimum Gasteiger partial charge on any atom is -0.306 e. The summed E-state index contributed by atoms with van der Waals surface area (Å²) in [6.45, 7) is 4.29. The number of pyridine rings is 1. The van der Waals surface area contributed by atoms with Gasteiger partial charge in [0.15, 0.2) is 5.15 Å². The van der Waals surface area contributed by atoms with E-state index in [1.54, 1.807) is 0 Å². The Balaban J connectivity index is 2.11. The molecule has 3 nitrogen and oxygen atoms in total. The van der Waals surface area contributed by atoms with Crippen LogP contribution in [0.5, 0.6) is 0 Å². The zero-order valence-corrected chi connectivity index (χ0v) is 10.9. The van der Waals surface area contributed by atoms with E-state index < -0.39 is 0 Å². The van der Waals surface area contributed by atoms with Crippen molar-refractivity contribution in [3.05, 3.63) is 34.9 Å². The third-order valence-corrected chi connectivity index (χ3v) is 3.82. The molecule has 0 saturated carbocycles. The van der Waals surface area contributed by atoms with Crippen molar-refractivity contribution in [3.8, 4) is 0 Å². The number of aromatic nitrogens is 2. The molecular formula is C13H16ClN3. The van der Waals surface area contributed by atoms with E-state index in [2.05, 4.69) is 46.6 Å². The molecule has 0 aliphatic carbocycles. The fourth-order valence-electron chi connectivity index (χ4n) is 2.61. The third kappa shape index (κ3) is 1.83. The van der Waals surface area contributed by atoms with Crippen molar-refractivity contribution in [2.75, 3.05) is 20.1 Å². The number of hydrogen-bond donors (Lipinski definition) is 0. The van der Waals surface area contributed by atoms with Gasteiger partial charge in [0.1, 0.15) is 5.82 Å². The number of hydrogen-bond acceptors (Lipinski definition) is 2. The minimum absolute atomic E-state index is 0.503. The first kappa shape index (κ1) is 11.1. The Kier molecular flexibility index (Phi) is 2.60. The molecule has 90 valence electrons. The fourth-order valence-corrected chi connectivity index (χ4v) is 2.84. The highest BCUT2D eigenvalue weighted by atomic mass is 35.5. The van der Waals surface area contributed by atoms with E-state index in [1.807, 2.05) is 0 Å². The van der Waals surface area contributed by atoms with Crippen LogP contribution >= 0.6 is 11.6 Å². The summed E-state index contributed by atoms with van der Waals surface area (Å²) >= 11 is 6.22. The average Bonchev–Trinajstić information content (AvgIpc) is 2.84. The normalized spacial score (nSPS) is 21.5. The number of rotatable bonds is 1. The van der Waals surface area contributed by atoms with Crippen LogP contribution in [0, 0.1) is 6.92 Å². The zero-order chi connectivity index (χ0) is 12.0. The molecule has 1 unspecified atom stereocenters. The van der Waals surface area contributed by atoms with Crippen LogP contribution in [0.4, 0.5) is 0 Å². The number of halogens is 1. The predicted octanol–water partition coefficient (Wildman–Crippen LogP) is 2.72. The fraction of sp³-hybridized carbons (Fsp3) is 0.462. The van der Waals surface area contributed by atoms with Gasteiger partial charge in [0.2, 0.25) is 0 Å². The van der Waals surface area contributed by atoms with Gasteiger partial charge in [-0.25, -0.2) is 4.98 Å². The molecule has 0 aromatic carbocycles. The highest BCUT2D eigenvalue weighted by Crippen LogP contribution is 2.29. The summed E-state index contributed by atoms with van der Waals surface area (Å²) in [6.07, 6.45) is 3.25. The van der Waals surface area contributed by atoms with Gasteiger partial charge in [-0.05, 0) is 44.6 Å². The molecule has 2 aromatic heterocycles. The van der Waals surface area contributed by atoms with Crippen LogP contribution < -0.4 is 0 Å². The van der Waals surface area contributed by atoms with Crippen LogP contribution in [-0.4, -0.2) is 34.4 Å². The smallest absolute Gasteiger partial charge is 0.155 e. The molecule has 0 radical (unpaired) electrons. The Morgan fingerprint density at radius 1 is 1.47 bits per heavy atom. The molecule has 1 atom stereocenters. The molecule has 4 heteroatoms. The van der Waals surface area contributed by atoms with Crippen molar-refractivity contribution in [2.45, 2.75) is 19.3 Å². The first-order valence-corrected chi connectivity index (χ1v) is 6.35. The standard InChI is InChI=1S/C13H16ClN3/c1-9-3-6-17-11(7-9)12(14)15-13(17)10-4-5-16(2)8-10/h3,6-7,10H,4-5,8H2,1-2H3. The quantitative estimate of drug-likeness (QED) is 0.775. The van der Waals surface area contributed by atoms with Crippen molar-refractivity contribution in [1.29, 1.82) is 0 Å². The van der Waals surface area contributed by atoms with Crippen LogP contribution in [0.1, 0.15) is 23.7 Å². The molecule has 3 rings (SSSR count). The summed E-state index contributed by atoms with van der Waals surface area (Å²) < 4.78 is 2.14. The number of nitrogens with zero attached hydrogens (tertiary/aromatic N) is 3. The summed E-state index contributed by atoms with van der Waals surface area (Å²) in [5.41, 5.74) is 2.24. The monoisotopic (exact) mass is 249 g/mol. The number of aryl methyl sites for hydroxylation is 1. The Morgan fingerprint density at radius 2 is 2.29 bits per heavy atom. The zero-order valence-electron chi connectivity index (χ0n) is 10.2. The van der Waals surface area contributed by atoms with Crippen LogP contribution in [-0.2, 0) is 0 Å². The van der Waals surface area contributed by atoms with Crippen molar-refractivity contribution in [2.24, 2.45) is 0 Å². The molecule has 17 heavy (non-hydrogen) atoms. The summed E-state index contributed by atoms with van der Waals surface area (Å²) in [7, 11) is 2.15. The number of likely N-dealkylation sites (tertiary alicyclic amines) is 1. The molecule has 0 amide bonds. The topological polar surface area (TPSA) is 20.5 Å². The van der Waals surface area contributed by atoms with E-state index in [9.17, 15) is 0 Å². The molecule has 0 spiro atoms. The minimum atomic E-state index is 0.503. The SMILES string of the molecule is Cc1ccn2c(C3CCN(C)C3)nc(Cl)c2c1. The maximum Gasteiger partial charge on any atom is 0.155 e. The van der Waals surface area contributed by atoms with Crippen molar-refractivity contribution in [3.63, 3.8) is 0 Å². The molecule has 3 heterocycles. The Bertz CT molecular complexity index is 561. The van der Waals surface area contributed by atoms with Crippen LogP contribution in [0.2, 0.25) is 5.15 Å². The molecule has 2 aromatic rings. The second-order valence-corrected chi connectivity index (χ2v) is 5.33. The summed E-state index contributed by atoms with van der Waals surface area (Å²) in [4.78, 5) is 6.89. The Labute approximate surface area is 106 Å². The highest BCUT2D eigenvalue weighted by molar-refractivity contribution is 6.32. The van der Waals surface area contributed by atoms with Gasteiger partial charge < -0.3 is 9.30 Å². The number of imidazole rings is 1. The van der Waals surface area contributed by atoms with E-state index in [-0.39, 0.29) is 0 Å². The van der Waals surface area contributed by atoms with Gasteiger partial charge in [-0.3, -0.25) is 0 Å². The van der Waals surface area contributed by atoms with Crippen molar-refractivity contribution in [1.82, 2.24) is 14.3 Å². The van der Waals surface area contributed by atoms with E-state index in [0.29, 0.717) is 11.1 Å². The highest BCUT2D eigenvalue weighted by Gasteiger charge is 2.25. The summed E-state index contributed by atoms with van der Waals surface area (Å²) in [6, 6.07) is 4.20. The average molecular weight is 250 g/mol. The third-order valence-electron chi connectivity index (χ3n) is 3.54. The maximum atomic E-state index is 6.22. The molecule has 0 bridgehead atoms. The molecule has 0 N–H and O–H groups in total. The largest absolute Gasteiger partial charge is 0.306 e.